The fraction of sp³-hybridized carbons (Fsp3) is 0.280. The van der Waals surface area contributed by atoms with Crippen molar-refractivity contribution in [3.63, 3.8) is 0 Å². The fourth-order valence-electron chi connectivity index (χ4n) is 3.20. The topological polar surface area (TPSA) is 91.5 Å². The second-order valence-corrected chi connectivity index (χ2v) is 7.83. The van der Waals surface area contributed by atoms with Crippen molar-refractivity contribution in [1.82, 2.24) is 9.66 Å². The number of ether oxygens (including phenoxy) is 1. The molecule has 168 valence electrons. The Hall–Kier alpha value is -3.29. The molecule has 0 bridgehead atoms. The van der Waals surface area contributed by atoms with Crippen LogP contribution in [-0.4, -0.2) is 35.6 Å². The predicted octanol–water partition coefficient (Wildman–Crippen LogP) is 4.41. The molecule has 1 aliphatic carbocycles. The molecule has 2 aromatic carbocycles. The number of halogens is 1. The SMILES string of the molecule is C=Nn1c(-c2ccc(OCC3(N)CC3)cc2)cnc1/C=C\C(C)c1cccc(F)c1.CN. The molecule has 4 N–H and O–H groups in total. The van der Waals surface area contributed by atoms with Gasteiger partial charge in [-0.05, 0) is 73.8 Å². The molecular formula is C25H30FN5O. The summed E-state index contributed by atoms with van der Waals surface area (Å²) in [5.74, 6) is 1.24. The van der Waals surface area contributed by atoms with Gasteiger partial charge in [0.25, 0.3) is 0 Å². The summed E-state index contributed by atoms with van der Waals surface area (Å²) in [5.41, 5.74) is 13.1. The van der Waals surface area contributed by atoms with Crippen LogP contribution in [0.15, 0.2) is 65.9 Å². The molecule has 0 amide bonds. The maximum atomic E-state index is 13.5. The average Bonchev–Trinajstić information content (AvgIpc) is 3.42. The van der Waals surface area contributed by atoms with Crippen LogP contribution in [0.3, 0.4) is 0 Å². The van der Waals surface area contributed by atoms with E-state index in [4.69, 9.17) is 10.5 Å². The minimum absolute atomic E-state index is 0.0350. The van der Waals surface area contributed by atoms with Gasteiger partial charge in [0.15, 0.2) is 5.82 Å². The van der Waals surface area contributed by atoms with Crippen molar-refractivity contribution in [2.24, 2.45) is 16.6 Å². The lowest BCUT2D eigenvalue weighted by molar-refractivity contribution is 0.279. The van der Waals surface area contributed by atoms with E-state index in [0.717, 1.165) is 35.4 Å². The second kappa shape index (κ2) is 10.3. The average molecular weight is 436 g/mol. The summed E-state index contributed by atoms with van der Waals surface area (Å²) < 4.78 is 20.9. The Bertz CT molecular complexity index is 1070. The Kier molecular flexibility index (Phi) is 7.56. The van der Waals surface area contributed by atoms with Crippen LogP contribution in [0.2, 0.25) is 0 Å². The van der Waals surface area contributed by atoms with E-state index in [0.29, 0.717) is 12.4 Å². The van der Waals surface area contributed by atoms with Crippen molar-refractivity contribution in [2.75, 3.05) is 13.7 Å². The Labute approximate surface area is 188 Å². The molecule has 0 spiro atoms. The molecule has 0 aliphatic heterocycles. The lowest BCUT2D eigenvalue weighted by Crippen LogP contribution is -2.29. The van der Waals surface area contributed by atoms with E-state index < -0.39 is 0 Å². The molecule has 32 heavy (non-hydrogen) atoms. The van der Waals surface area contributed by atoms with Crippen molar-refractivity contribution in [1.29, 1.82) is 0 Å². The highest BCUT2D eigenvalue weighted by molar-refractivity contribution is 5.63. The van der Waals surface area contributed by atoms with Gasteiger partial charge in [-0.2, -0.15) is 5.10 Å². The van der Waals surface area contributed by atoms with Crippen LogP contribution in [0.25, 0.3) is 17.3 Å². The highest BCUT2D eigenvalue weighted by Crippen LogP contribution is 2.33. The lowest BCUT2D eigenvalue weighted by Gasteiger charge is -2.11. The number of allylic oxidation sites excluding steroid dienone is 1. The summed E-state index contributed by atoms with van der Waals surface area (Å²) in [6.45, 7) is 6.22. The standard InChI is InChI=1S/C24H25FN4O.CH5N/c1-17(19-4-3-5-20(25)14-19)6-11-23-28-15-22(29(23)27-2)18-7-9-21(10-8-18)30-16-24(26)12-13-24;1-2/h3-11,14-15,17H,2,12-13,16,26H2,1H3;2H2,1H3/b11-6-;. The van der Waals surface area contributed by atoms with Gasteiger partial charge in [0.05, 0.1) is 17.4 Å². The van der Waals surface area contributed by atoms with Gasteiger partial charge in [0, 0.05) is 12.3 Å². The predicted molar refractivity (Wildman–Crippen MR) is 128 cm³/mol. The van der Waals surface area contributed by atoms with E-state index in [1.54, 1.807) is 16.9 Å². The van der Waals surface area contributed by atoms with Crippen LogP contribution >= 0.6 is 0 Å². The number of rotatable bonds is 8. The van der Waals surface area contributed by atoms with Crippen molar-refractivity contribution >= 4 is 12.8 Å². The normalized spacial score (nSPS) is 15.0. The Morgan fingerprint density at radius 1 is 1.25 bits per heavy atom. The van der Waals surface area contributed by atoms with E-state index >= 15 is 0 Å². The van der Waals surface area contributed by atoms with Crippen LogP contribution in [0.5, 0.6) is 5.75 Å². The number of hydrogen-bond acceptors (Lipinski definition) is 5. The third-order valence-corrected chi connectivity index (χ3v) is 5.38. The number of aromatic nitrogens is 2. The van der Waals surface area contributed by atoms with Gasteiger partial charge >= 0.3 is 0 Å². The van der Waals surface area contributed by atoms with Crippen LogP contribution in [0.1, 0.15) is 37.1 Å². The van der Waals surface area contributed by atoms with Crippen LogP contribution in [-0.2, 0) is 0 Å². The first-order valence-electron chi connectivity index (χ1n) is 10.6. The third-order valence-electron chi connectivity index (χ3n) is 5.38. The minimum Gasteiger partial charge on any atom is -0.492 e. The molecule has 7 heteroatoms. The zero-order valence-corrected chi connectivity index (χ0v) is 18.5. The molecule has 1 aliphatic rings. The zero-order chi connectivity index (χ0) is 23.1. The molecule has 1 saturated carbocycles. The quantitative estimate of drug-likeness (QED) is 0.513. The monoisotopic (exact) mass is 435 g/mol. The molecule has 1 aromatic heterocycles. The molecular weight excluding hydrogens is 405 g/mol. The fourth-order valence-corrected chi connectivity index (χ4v) is 3.20. The van der Waals surface area contributed by atoms with Crippen molar-refractivity contribution in [3.05, 3.63) is 78.0 Å². The molecule has 4 rings (SSSR count). The lowest BCUT2D eigenvalue weighted by atomic mass is 10.0. The largest absolute Gasteiger partial charge is 0.492 e. The third kappa shape index (κ3) is 5.69. The molecule has 1 fully saturated rings. The van der Waals surface area contributed by atoms with Gasteiger partial charge < -0.3 is 16.2 Å². The van der Waals surface area contributed by atoms with Gasteiger partial charge in [0.2, 0.25) is 0 Å². The number of benzene rings is 2. The maximum Gasteiger partial charge on any atom is 0.153 e. The summed E-state index contributed by atoms with van der Waals surface area (Å²) >= 11 is 0. The zero-order valence-electron chi connectivity index (χ0n) is 18.5. The van der Waals surface area contributed by atoms with Crippen molar-refractivity contribution < 1.29 is 9.13 Å². The molecule has 3 aromatic rings. The number of imidazole rings is 1. The first-order valence-corrected chi connectivity index (χ1v) is 10.6. The van der Waals surface area contributed by atoms with Gasteiger partial charge in [-0.3, -0.25) is 0 Å². The molecule has 0 saturated heterocycles. The highest BCUT2D eigenvalue weighted by Gasteiger charge is 2.39. The van der Waals surface area contributed by atoms with Crippen molar-refractivity contribution in [3.8, 4) is 17.0 Å². The van der Waals surface area contributed by atoms with Gasteiger partial charge in [0.1, 0.15) is 18.2 Å². The first kappa shape index (κ1) is 23.4. The van der Waals surface area contributed by atoms with E-state index in [-0.39, 0.29) is 17.3 Å². The van der Waals surface area contributed by atoms with E-state index in [1.807, 2.05) is 49.4 Å². The summed E-state index contributed by atoms with van der Waals surface area (Å²) in [7, 11) is 1.50. The van der Waals surface area contributed by atoms with Crippen LogP contribution in [0.4, 0.5) is 4.39 Å². The molecule has 1 heterocycles. The molecule has 6 nitrogen and oxygen atoms in total. The minimum atomic E-state index is -0.240. The van der Waals surface area contributed by atoms with Crippen molar-refractivity contribution in [2.45, 2.75) is 31.2 Å². The van der Waals surface area contributed by atoms with E-state index in [9.17, 15) is 4.39 Å². The van der Waals surface area contributed by atoms with Crippen LogP contribution in [0, 0.1) is 5.82 Å². The van der Waals surface area contributed by atoms with Gasteiger partial charge in [-0.1, -0.05) is 25.1 Å². The molecule has 1 unspecified atom stereocenters. The van der Waals surface area contributed by atoms with E-state index in [2.05, 4.69) is 22.5 Å². The summed E-state index contributed by atoms with van der Waals surface area (Å²) in [4.78, 5) is 4.47. The number of hydrogen-bond donors (Lipinski definition) is 2. The van der Waals surface area contributed by atoms with E-state index in [1.165, 1.54) is 19.2 Å². The highest BCUT2D eigenvalue weighted by atomic mass is 19.1. The molecule has 0 radical (unpaired) electrons. The smallest absolute Gasteiger partial charge is 0.153 e. The Morgan fingerprint density at radius 2 is 1.97 bits per heavy atom. The molecule has 1 atom stereocenters. The maximum absolute atomic E-state index is 13.5. The number of nitrogens with two attached hydrogens (primary N) is 2. The Morgan fingerprint density at radius 3 is 2.59 bits per heavy atom. The summed E-state index contributed by atoms with van der Waals surface area (Å²) in [5, 5.41) is 4.12. The number of nitrogens with zero attached hydrogens (tertiary/aromatic N) is 3. The first-order chi connectivity index (χ1) is 15.5. The van der Waals surface area contributed by atoms with Crippen LogP contribution < -0.4 is 16.2 Å². The summed E-state index contributed by atoms with van der Waals surface area (Å²) in [6, 6.07) is 14.4. The summed E-state index contributed by atoms with van der Waals surface area (Å²) in [6.07, 6.45) is 7.64. The van der Waals surface area contributed by atoms with Gasteiger partial charge in [-0.25, -0.2) is 14.1 Å². The second-order valence-electron chi connectivity index (χ2n) is 7.83. The Balaban J connectivity index is 0.00000141. The van der Waals surface area contributed by atoms with Gasteiger partial charge in [-0.15, -0.1) is 0 Å².